The molecule has 0 atom stereocenters. The molecule has 206 valence electrons. The summed E-state index contributed by atoms with van der Waals surface area (Å²) in [5.74, 6) is 1.39. The van der Waals surface area contributed by atoms with Crippen molar-refractivity contribution in [2.24, 2.45) is 0 Å². The first kappa shape index (κ1) is 27.3. The average molecular weight is 548 g/mol. The number of nitrogens with one attached hydrogen (secondary N) is 1. The van der Waals surface area contributed by atoms with Crippen molar-refractivity contribution in [3.63, 3.8) is 0 Å². The van der Waals surface area contributed by atoms with Crippen LogP contribution in [0.4, 0.5) is 5.69 Å². The number of hydrogen-bond acceptors (Lipinski definition) is 7. The quantitative estimate of drug-likeness (QED) is 0.212. The number of carbonyl (C=O) groups excluding carboxylic acids is 2. The second-order valence-electron chi connectivity index (χ2n) is 9.58. The molecule has 8 nitrogen and oxygen atoms in total. The van der Waals surface area contributed by atoms with E-state index >= 15 is 0 Å². The van der Waals surface area contributed by atoms with Crippen molar-refractivity contribution in [3.05, 3.63) is 113 Å². The summed E-state index contributed by atoms with van der Waals surface area (Å²) in [6, 6.07) is 23.6. The van der Waals surface area contributed by atoms with Crippen molar-refractivity contribution in [3.8, 4) is 34.1 Å². The summed E-state index contributed by atoms with van der Waals surface area (Å²) >= 11 is 0. The summed E-state index contributed by atoms with van der Waals surface area (Å²) < 4.78 is 16.3. The minimum atomic E-state index is -0.326. The number of benzene rings is 4. The van der Waals surface area contributed by atoms with Crippen molar-refractivity contribution < 1.29 is 23.5 Å². The number of ketones is 1. The van der Waals surface area contributed by atoms with Gasteiger partial charge in [0.1, 0.15) is 0 Å². The zero-order valence-electron chi connectivity index (χ0n) is 23.4. The van der Waals surface area contributed by atoms with Gasteiger partial charge < -0.3 is 19.2 Å². The molecule has 41 heavy (non-hydrogen) atoms. The van der Waals surface area contributed by atoms with Crippen LogP contribution in [0.1, 0.15) is 43.3 Å². The Balaban J connectivity index is 1.39. The van der Waals surface area contributed by atoms with Gasteiger partial charge in [-0.2, -0.15) is 0 Å². The highest BCUT2D eigenvalue weighted by molar-refractivity contribution is 6.16. The van der Waals surface area contributed by atoms with E-state index in [4.69, 9.17) is 13.9 Å². The standard InChI is InChI=1S/C33H29N3O5/c1-19-10-11-24(33-36-35-21(3)41-33)17-26(19)22-12-14-23(15-13-22)32(38)34-28-9-7-6-8-25(28)31(37)27-18-30(40-5)29(39-4)16-20(27)2/h6-18H,1-5H3,(H,34,38). The van der Waals surface area contributed by atoms with E-state index in [-0.39, 0.29) is 11.7 Å². The fourth-order valence-electron chi connectivity index (χ4n) is 4.64. The summed E-state index contributed by atoms with van der Waals surface area (Å²) in [6.07, 6.45) is 0. The molecule has 8 heteroatoms. The number of carbonyl (C=O) groups is 2. The van der Waals surface area contributed by atoms with Crippen LogP contribution >= 0.6 is 0 Å². The van der Waals surface area contributed by atoms with Crippen LogP contribution in [0.2, 0.25) is 0 Å². The Hall–Kier alpha value is -5.24. The van der Waals surface area contributed by atoms with Gasteiger partial charge in [0.05, 0.1) is 19.9 Å². The molecule has 0 aliphatic rings. The maximum absolute atomic E-state index is 13.6. The van der Waals surface area contributed by atoms with Crippen LogP contribution < -0.4 is 14.8 Å². The lowest BCUT2D eigenvalue weighted by Crippen LogP contribution is -2.15. The highest BCUT2D eigenvalue weighted by Gasteiger charge is 2.20. The van der Waals surface area contributed by atoms with Crippen molar-refractivity contribution in [2.75, 3.05) is 19.5 Å². The number of aromatic nitrogens is 2. The van der Waals surface area contributed by atoms with Gasteiger partial charge in [0.2, 0.25) is 11.8 Å². The predicted octanol–water partition coefficient (Wildman–Crippen LogP) is 6.83. The Morgan fingerprint density at radius 2 is 1.41 bits per heavy atom. The van der Waals surface area contributed by atoms with Gasteiger partial charge in [0.25, 0.3) is 5.91 Å². The first-order valence-corrected chi connectivity index (χ1v) is 13.0. The summed E-state index contributed by atoms with van der Waals surface area (Å²) in [4.78, 5) is 26.8. The zero-order valence-corrected chi connectivity index (χ0v) is 23.4. The number of ether oxygens (including phenoxy) is 2. The SMILES string of the molecule is COc1cc(C)c(C(=O)c2ccccc2NC(=O)c2ccc(-c3cc(-c4nnc(C)o4)ccc3C)cc2)cc1OC. The maximum atomic E-state index is 13.6. The van der Waals surface area contributed by atoms with E-state index in [1.807, 2.05) is 44.2 Å². The van der Waals surface area contributed by atoms with Crippen molar-refractivity contribution >= 4 is 17.4 Å². The molecular formula is C33H29N3O5. The van der Waals surface area contributed by atoms with Crippen LogP contribution in [0, 0.1) is 20.8 Å². The van der Waals surface area contributed by atoms with Gasteiger partial charge in [-0.3, -0.25) is 9.59 Å². The number of anilines is 1. The fourth-order valence-corrected chi connectivity index (χ4v) is 4.64. The Morgan fingerprint density at radius 1 is 0.732 bits per heavy atom. The number of aryl methyl sites for hydroxylation is 3. The molecule has 1 aromatic heterocycles. The monoisotopic (exact) mass is 547 g/mol. The summed E-state index contributed by atoms with van der Waals surface area (Å²) in [5.41, 5.74) is 6.26. The number of nitrogens with zero attached hydrogens (tertiary/aromatic N) is 2. The number of para-hydroxylation sites is 1. The van der Waals surface area contributed by atoms with Crippen LogP contribution in [0.5, 0.6) is 11.5 Å². The number of hydrogen-bond donors (Lipinski definition) is 1. The normalized spacial score (nSPS) is 10.8. The van der Waals surface area contributed by atoms with Gasteiger partial charge in [-0.1, -0.05) is 30.3 Å². The first-order valence-electron chi connectivity index (χ1n) is 13.0. The van der Waals surface area contributed by atoms with Gasteiger partial charge in [-0.05, 0) is 84.6 Å². The van der Waals surface area contributed by atoms with Gasteiger partial charge in [0.15, 0.2) is 17.3 Å². The third-order valence-corrected chi connectivity index (χ3v) is 6.86. The highest BCUT2D eigenvalue weighted by atomic mass is 16.5. The molecule has 0 spiro atoms. The molecule has 5 rings (SSSR count). The minimum absolute atomic E-state index is 0.235. The van der Waals surface area contributed by atoms with Crippen LogP contribution in [-0.2, 0) is 0 Å². The van der Waals surface area contributed by atoms with Crippen LogP contribution in [0.25, 0.3) is 22.6 Å². The van der Waals surface area contributed by atoms with E-state index in [0.29, 0.717) is 45.7 Å². The molecule has 0 fully saturated rings. The molecule has 5 aromatic rings. The smallest absolute Gasteiger partial charge is 0.255 e. The lowest BCUT2D eigenvalue weighted by atomic mass is 9.96. The molecule has 0 unspecified atom stereocenters. The molecule has 0 radical (unpaired) electrons. The first-order chi connectivity index (χ1) is 19.8. The second kappa shape index (κ2) is 11.5. The van der Waals surface area contributed by atoms with E-state index in [2.05, 4.69) is 15.5 Å². The molecule has 1 amide bonds. The summed E-state index contributed by atoms with van der Waals surface area (Å²) in [6.45, 7) is 5.60. The maximum Gasteiger partial charge on any atom is 0.255 e. The van der Waals surface area contributed by atoms with Crippen molar-refractivity contribution in [1.82, 2.24) is 10.2 Å². The Bertz CT molecular complexity index is 1760. The zero-order chi connectivity index (χ0) is 29.1. The summed E-state index contributed by atoms with van der Waals surface area (Å²) in [7, 11) is 3.07. The Labute approximate surface area is 238 Å². The van der Waals surface area contributed by atoms with Crippen molar-refractivity contribution in [2.45, 2.75) is 20.8 Å². The molecule has 1 heterocycles. The molecule has 1 N–H and O–H groups in total. The lowest BCUT2D eigenvalue weighted by molar-refractivity contribution is 0.102. The minimum Gasteiger partial charge on any atom is -0.493 e. The van der Waals surface area contributed by atoms with Gasteiger partial charge in [-0.25, -0.2) is 0 Å². The second-order valence-corrected chi connectivity index (χ2v) is 9.58. The third-order valence-electron chi connectivity index (χ3n) is 6.86. The Morgan fingerprint density at radius 3 is 2.10 bits per heavy atom. The molecule has 4 aromatic carbocycles. The number of rotatable bonds is 8. The molecule has 0 aliphatic carbocycles. The largest absolute Gasteiger partial charge is 0.493 e. The molecule has 0 bridgehead atoms. The average Bonchev–Trinajstić information content (AvgIpc) is 3.43. The van der Waals surface area contributed by atoms with E-state index in [1.54, 1.807) is 62.6 Å². The van der Waals surface area contributed by atoms with E-state index in [1.165, 1.54) is 7.11 Å². The fraction of sp³-hybridized carbons (Fsp3) is 0.152. The number of amides is 1. The van der Waals surface area contributed by atoms with Crippen LogP contribution in [-0.4, -0.2) is 36.1 Å². The third kappa shape index (κ3) is 5.58. The molecule has 0 aliphatic heterocycles. The topological polar surface area (TPSA) is 104 Å². The van der Waals surface area contributed by atoms with E-state index in [0.717, 1.165) is 27.8 Å². The molecule has 0 saturated heterocycles. The molecule has 0 saturated carbocycles. The lowest BCUT2D eigenvalue weighted by Gasteiger charge is -2.14. The van der Waals surface area contributed by atoms with E-state index in [9.17, 15) is 9.59 Å². The number of methoxy groups -OCH3 is 2. The predicted molar refractivity (Wildman–Crippen MR) is 157 cm³/mol. The van der Waals surface area contributed by atoms with Gasteiger partial charge in [-0.15, -0.1) is 10.2 Å². The molecular weight excluding hydrogens is 518 g/mol. The Kier molecular flexibility index (Phi) is 7.65. The van der Waals surface area contributed by atoms with Gasteiger partial charge in [0, 0.05) is 29.2 Å². The van der Waals surface area contributed by atoms with Crippen molar-refractivity contribution in [1.29, 1.82) is 0 Å². The van der Waals surface area contributed by atoms with Crippen LogP contribution in [0.3, 0.4) is 0 Å². The van der Waals surface area contributed by atoms with Crippen LogP contribution in [0.15, 0.2) is 83.3 Å². The highest BCUT2D eigenvalue weighted by Crippen LogP contribution is 2.33. The van der Waals surface area contributed by atoms with E-state index < -0.39 is 0 Å². The van der Waals surface area contributed by atoms with Gasteiger partial charge >= 0.3 is 0 Å². The summed E-state index contributed by atoms with van der Waals surface area (Å²) in [5, 5.41) is 10.9.